The van der Waals surface area contributed by atoms with Crippen LogP contribution in [-0.4, -0.2) is 17.6 Å². The fourth-order valence-corrected chi connectivity index (χ4v) is 2.36. The van der Waals surface area contributed by atoms with Gasteiger partial charge < -0.3 is 5.32 Å². The van der Waals surface area contributed by atoms with E-state index in [9.17, 15) is 9.59 Å². The maximum absolute atomic E-state index is 11.3. The van der Waals surface area contributed by atoms with Crippen molar-refractivity contribution in [3.05, 3.63) is 72.5 Å². The van der Waals surface area contributed by atoms with Crippen LogP contribution in [0.3, 0.4) is 0 Å². The average molecular weight is 509 g/mol. The molecule has 0 radical (unpaired) electrons. The van der Waals surface area contributed by atoms with E-state index < -0.39 is 0 Å². The number of Topliss-reactive ketones (excluding diaryl/α,β-unsaturated/α-hetero) is 2. The summed E-state index contributed by atoms with van der Waals surface area (Å²) in [5.41, 5.74) is 2.73. The number of ketones is 2. The number of allylic oxidation sites excluding steroid dienone is 8. The van der Waals surface area contributed by atoms with E-state index in [1.807, 2.05) is 45.9 Å². The zero-order valence-corrected chi connectivity index (χ0v) is 24.7. The molecule has 0 unspecified atom stereocenters. The molecule has 0 spiro atoms. The van der Waals surface area contributed by atoms with Crippen LogP contribution in [0.25, 0.3) is 0 Å². The molecule has 0 saturated heterocycles. The van der Waals surface area contributed by atoms with Crippen molar-refractivity contribution in [2.45, 2.75) is 94.5 Å². The van der Waals surface area contributed by atoms with E-state index in [4.69, 9.17) is 0 Å². The molecular weight excluding hydrogens is 458 g/mol. The van der Waals surface area contributed by atoms with Gasteiger partial charge in [-0.05, 0) is 52.7 Å². The summed E-state index contributed by atoms with van der Waals surface area (Å²) in [5.74, 6) is 1.43. The second kappa shape index (κ2) is 25.7. The van der Waals surface area contributed by atoms with Crippen molar-refractivity contribution >= 4 is 11.6 Å². The first kappa shape index (κ1) is 39.3. The molecule has 0 amide bonds. The van der Waals surface area contributed by atoms with Crippen molar-refractivity contribution < 1.29 is 27.0 Å². The largest absolute Gasteiger partial charge is 0.384 e. The molecule has 0 rings (SSSR count). The molecule has 0 aromatic rings. The number of carbonyl (C=O) groups excluding carboxylic acids is 2. The van der Waals surface area contributed by atoms with Gasteiger partial charge in [0, 0.05) is 40.6 Å². The monoisotopic (exact) mass is 508 g/mol. The zero-order valence-electron chi connectivity index (χ0n) is 23.5. The summed E-state index contributed by atoms with van der Waals surface area (Å²) in [5, 5.41) is 3.36. The zero-order chi connectivity index (χ0) is 26.4. The molecular formula is C30H50CrNO2-. The standard InChI is InChI=1S/C18H24NO.C7H16.C5H10O.Cr/c1-7-10-11-17(8-2)15(5)19-14(4)12-13-18(9-3)16(6)20;1-4-6-7(3)5-2;1-4(2)5(3)6;/h8-13,15,19H,1,3H2,2,4-6H3;7H,4-6H2,1-3H3;4H,1-3H3;/q-1;;;/b11-10-,14-12+,17-8+,18-13+;;;/t15-;7-;;/m01../s1. The molecule has 3 nitrogen and oxygen atoms in total. The number of hydrogen-bond acceptors (Lipinski definition) is 3. The minimum absolute atomic E-state index is 0. The van der Waals surface area contributed by atoms with Crippen molar-refractivity contribution in [3.63, 3.8) is 0 Å². The van der Waals surface area contributed by atoms with Gasteiger partial charge in [-0.3, -0.25) is 15.7 Å². The number of hydrogen-bond donors (Lipinski definition) is 1. The predicted octanol–water partition coefficient (Wildman–Crippen LogP) is 8.12. The Labute approximate surface area is 222 Å². The van der Waals surface area contributed by atoms with Gasteiger partial charge in [-0.1, -0.05) is 66.5 Å². The van der Waals surface area contributed by atoms with Crippen LogP contribution in [0.1, 0.15) is 88.5 Å². The Kier molecular flexibility index (Phi) is 29.8. The van der Waals surface area contributed by atoms with Gasteiger partial charge in [-0.25, -0.2) is 12.2 Å². The SMILES string of the molecule is C=[C-]/C=C\C(=C/C)[C@H](C)N/C(C)=C/C=C(\C=C)C(C)=O.CC(=O)C(C)C.CCC[C@H](C)CC.[Cr]. The van der Waals surface area contributed by atoms with Crippen LogP contribution in [0.2, 0.25) is 0 Å². The molecule has 0 heterocycles. The molecule has 0 aliphatic rings. The van der Waals surface area contributed by atoms with Crippen LogP contribution >= 0.6 is 0 Å². The fourth-order valence-electron chi connectivity index (χ4n) is 2.36. The second-order valence-electron chi connectivity index (χ2n) is 8.49. The van der Waals surface area contributed by atoms with Crippen LogP contribution in [0, 0.1) is 17.9 Å². The summed E-state index contributed by atoms with van der Waals surface area (Å²) in [6, 6.07) is 0.166. The van der Waals surface area contributed by atoms with E-state index in [1.54, 1.807) is 25.2 Å². The maximum atomic E-state index is 11.3. The summed E-state index contributed by atoms with van der Waals surface area (Å²) in [4.78, 5) is 21.4. The minimum atomic E-state index is 0. The average Bonchev–Trinajstić information content (AvgIpc) is 2.75. The topological polar surface area (TPSA) is 46.2 Å². The van der Waals surface area contributed by atoms with Gasteiger partial charge in [0.25, 0.3) is 0 Å². The molecule has 0 aromatic carbocycles. The summed E-state index contributed by atoms with van der Waals surface area (Å²) < 4.78 is 0. The maximum Gasteiger partial charge on any atom is 0.159 e. The van der Waals surface area contributed by atoms with E-state index in [0.29, 0.717) is 5.57 Å². The van der Waals surface area contributed by atoms with E-state index in [2.05, 4.69) is 52.2 Å². The van der Waals surface area contributed by atoms with Gasteiger partial charge >= 0.3 is 0 Å². The predicted molar refractivity (Wildman–Crippen MR) is 147 cm³/mol. The van der Waals surface area contributed by atoms with Crippen molar-refractivity contribution in [1.29, 1.82) is 0 Å². The number of nitrogens with one attached hydrogen (secondary N) is 1. The Morgan fingerprint density at radius 3 is 1.85 bits per heavy atom. The van der Waals surface area contributed by atoms with Crippen molar-refractivity contribution in [2.24, 2.45) is 11.8 Å². The Hall–Kier alpha value is -1.89. The van der Waals surface area contributed by atoms with E-state index >= 15 is 0 Å². The van der Waals surface area contributed by atoms with Gasteiger partial charge in [0.1, 0.15) is 5.78 Å². The van der Waals surface area contributed by atoms with E-state index in [0.717, 1.165) is 17.2 Å². The van der Waals surface area contributed by atoms with Gasteiger partial charge in [-0.15, -0.1) is 11.6 Å². The molecule has 0 fully saturated rings. The van der Waals surface area contributed by atoms with Crippen LogP contribution < -0.4 is 5.32 Å². The fraction of sp³-hybridized carbons (Fsp3) is 0.533. The Balaban J connectivity index is -0.000000264. The molecule has 0 aliphatic carbocycles. The van der Waals surface area contributed by atoms with Crippen LogP contribution in [0.5, 0.6) is 0 Å². The summed E-state index contributed by atoms with van der Waals surface area (Å²) in [6.45, 7) is 26.9. The van der Waals surface area contributed by atoms with Crippen molar-refractivity contribution in [3.8, 4) is 0 Å². The molecule has 2 atom stereocenters. The van der Waals surface area contributed by atoms with Gasteiger partial charge in [-0.2, -0.15) is 6.58 Å². The third-order valence-corrected chi connectivity index (χ3v) is 5.10. The third-order valence-electron chi connectivity index (χ3n) is 5.10. The first-order valence-corrected chi connectivity index (χ1v) is 12.1. The number of rotatable bonds is 12. The molecule has 34 heavy (non-hydrogen) atoms. The van der Waals surface area contributed by atoms with E-state index in [1.165, 1.54) is 26.2 Å². The molecule has 4 heteroatoms. The minimum Gasteiger partial charge on any atom is -0.384 e. The molecule has 0 aliphatic heterocycles. The van der Waals surface area contributed by atoms with Crippen molar-refractivity contribution in [1.82, 2.24) is 5.32 Å². The van der Waals surface area contributed by atoms with Gasteiger partial charge in [0.15, 0.2) is 5.78 Å². The normalized spacial score (nSPS) is 13.4. The summed E-state index contributed by atoms with van der Waals surface area (Å²) in [6.07, 6.45) is 17.8. The Morgan fingerprint density at radius 2 is 1.56 bits per heavy atom. The third kappa shape index (κ3) is 24.7. The molecule has 194 valence electrons. The molecule has 0 aromatic heterocycles. The first-order chi connectivity index (χ1) is 15.4. The Bertz CT molecular complexity index is 697. The smallest absolute Gasteiger partial charge is 0.159 e. The Morgan fingerprint density at radius 1 is 1.03 bits per heavy atom. The second-order valence-corrected chi connectivity index (χ2v) is 8.49. The quantitative estimate of drug-likeness (QED) is 0.164. The van der Waals surface area contributed by atoms with Gasteiger partial charge in [0.05, 0.1) is 0 Å². The summed E-state index contributed by atoms with van der Waals surface area (Å²) >= 11 is 0. The van der Waals surface area contributed by atoms with Crippen LogP contribution in [-0.2, 0) is 27.0 Å². The summed E-state index contributed by atoms with van der Waals surface area (Å²) in [7, 11) is 0. The molecule has 1 N–H and O–H groups in total. The van der Waals surface area contributed by atoms with Crippen LogP contribution in [0.15, 0.2) is 66.5 Å². The molecule has 0 saturated carbocycles. The van der Waals surface area contributed by atoms with E-state index in [-0.39, 0.29) is 40.9 Å². The van der Waals surface area contributed by atoms with Crippen LogP contribution in [0.4, 0.5) is 0 Å². The molecule has 0 bridgehead atoms. The van der Waals surface area contributed by atoms with Gasteiger partial charge in [0.2, 0.25) is 0 Å². The number of carbonyl (C=O) groups is 2. The first-order valence-electron chi connectivity index (χ1n) is 12.1. The van der Waals surface area contributed by atoms with Crippen molar-refractivity contribution in [2.75, 3.05) is 0 Å².